The van der Waals surface area contributed by atoms with Crippen LogP contribution >= 0.6 is 0 Å². The van der Waals surface area contributed by atoms with Crippen LogP contribution in [0.4, 0.5) is 0 Å². The molecule has 0 radical (unpaired) electrons. The summed E-state index contributed by atoms with van der Waals surface area (Å²) in [5.41, 5.74) is 2.43. The first kappa shape index (κ1) is 17.4. The zero-order valence-corrected chi connectivity index (χ0v) is 13.2. The summed E-state index contributed by atoms with van der Waals surface area (Å²) in [5.74, 6) is -1.71. The van der Waals surface area contributed by atoms with Crippen LogP contribution in [0.25, 0.3) is 0 Å². The molecule has 2 aliphatic rings. The highest BCUT2D eigenvalue weighted by molar-refractivity contribution is 5.89. The Labute approximate surface area is 135 Å². The number of carboxylic acid groups (broad SMARTS) is 1. The van der Waals surface area contributed by atoms with Gasteiger partial charge in [-0.05, 0) is 25.2 Å². The van der Waals surface area contributed by atoms with Crippen LogP contribution in [0.15, 0.2) is 0 Å². The van der Waals surface area contributed by atoms with Gasteiger partial charge in [-0.25, -0.2) is 9.80 Å². The zero-order chi connectivity index (χ0) is 16.8. The van der Waals surface area contributed by atoms with Gasteiger partial charge in [0.2, 0.25) is 11.8 Å². The molecule has 1 unspecified atom stereocenters. The van der Waals surface area contributed by atoms with E-state index in [0.717, 1.165) is 30.7 Å². The van der Waals surface area contributed by atoms with Crippen molar-refractivity contribution < 1.29 is 24.3 Å². The number of aldehydes is 1. The summed E-state index contributed by atoms with van der Waals surface area (Å²) >= 11 is 0. The van der Waals surface area contributed by atoms with Gasteiger partial charge < -0.3 is 9.90 Å². The third-order valence-corrected chi connectivity index (χ3v) is 4.60. The van der Waals surface area contributed by atoms with Gasteiger partial charge in [-0.3, -0.25) is 15.0 Å². The predicted molar refractivity (Wildman–Crippen MR) is 81.0 cm³/mol. The predicted octanol–water partition coefficient (Wildman–Crippen LogP) is 1.27. The second-order valence-electron chi connectivity index (χ2n) is 6.46. The molecule has 2 fully saturated rings. The second kappa shape index (κ2) is 8.08. The quantitative estimate of drug-likeness (QED) is 0.517. The third-order valence-electron chi connectivity index (χ3n) is 4.60. The van der Waals surface area contributed by atoms with E-state index >= 15 is 0 Å². The fourth-order valence-corrected chi connectivity index (χ4v) is 3.02. The Balaban J connectivity index is 1.99. The third kappa shape index (κ3) is 5.04. The molecule has 2 amide bonds. The van der Waals surface area contributed by atoms with Crippen LogP contribution in [0.3, 0.4) is 0 Å². The van der Waals surface area contributed by atoms with Crippen molar-refractivity contribution in [1.82, 2.24) is 10.4 Å². The largest absolute Gasteiger partial charge is 0.480 e. The van der Waals surface area contributed by atoms with Crippen LogP contribution in [0.5, 0.6) is 0 Å². The van der Waals surface area contributed by atoms with Crippen LogP contribution in [-0.2, 0) is 19.2 Å². The Kier molecular flexibility index (Phi) is 6.12. The highest BCUT2D eigenvalue weighted by atomic mass is 16.4. The van der Waals surface area contributed by atoms with Gasteiger partial charge in [0.15, 0.2) is 6.04 Å². The normalized spacial score (nSPS) is 19.1. The van der Waals surface area contributed by atoms with Gasteiger partial charge in [0.25, 0.3) is 0 Å². The van der Waals surface area contributed by atoms with Crippen LogP contribution < -0.4 is 5.43 Å². The van der Waals surface area contributed by atoms with Gasteiger partial charge in [-0.2, -0.15) is 0 Å². The number of rotatable bonds is 8. The van der Waals surface area contributed by atoms with Crippen molar-refractivity contribution >= 4 is 24.1 Å². The van der Waals surface area contributed by atoms with E-state index in [2.05, 4.69) is 5.43 Å². The molecule has 0 bridgehead atoms. The highest BCUT2D eigenvalue weighted by Crippen LogP contribution is 2.30. The molecule has 0 aromatic heterocycles. The molecule has 128 valence electrons. The highest BCUT2D eigenvalue weighted by Gasteiger charge is 2.36. The van der Waals surface area contributed by atoms with Crippen molar-refractivity contribution in [3.63, 3.8) is 0 Å². The zero-order valence-electron chi connectivity index (χ0n) is 13.2. The molecule has 2 saturated carbocycles. The first-order valence-electron chi connectivity index (χ1n) is 8.32. The van der Waals surface area contributed by atoms with Crippen molar-refractivity contribution in [2.24, 2.45) is 11.8 Å². The molecule has 2 N–H and O–H groups in total. The number of carbonyl (C=O) groups is 4. The molecule has 7 nitrogen and oxygen atoms in total. The Bertz CT molecular complexity index is 469. The Morgan fingerprint density at radius 3 is 2.35 bits per heavy atom. The minimum atomic E-state index is -1.34. The number of nitrogens with zero attached hydrogens (tertiary/aromatic N) is 1. The standard InChI is InChI=1S/C16H24N2O5/c19-10-9-13(16(22)23)18(17-15(21)12-6-7-12)14(20)8-5-11-3-1-2-4-11/h10-13H,1-9H2,(H,17,21)(H,22,23). The summed E-state index contributed by atoms with van der Waals surface area (Å²) < 4.78 is 0. The number of nitrogens with one attached hydrogen (secondary N) is 1. The fourth-order valence-electron chi connectivity index (χ4n) is 3.02. The average Bonchev–Trinajstić information content (AvgIpc) is 3.24. The number of hydrogen-bond donors (Lipinski definition) is 2. The van der Waals surface area contributed by atoms with E-state index in [1.165, 1.54) is 12.8 Å². The monoisotopic (exact) mass is 324 g/mol. The lowest BCUT2D eigenvalue weighted by atomic mass is 10.0. The summed E-state index contributed by atoms with van der Waals surface area (Å²) in [6.45, 7) is 0. The molecule has 2 rings (SSSR count). The molecular weight excluding hydrogens is 300 g/mol. The van der Waals surface area contributed by atoms with E-state index in [4.69, 9.17) is 0 Å². The number of aliphatic carboxylic acids is 1. The summed E-state index contributed by atoms with van der Waals surface area (Å²) in [6.07, 6.45) is 7.04. The maximum absolute atomic E-state index is 12.4. The van der Waals surface area contributed by atoms with Crippen molar-refractivity contribution in [2.75, 3.05) is 0 Å². The summed E-state index contributed by atoms with van der Waals surface area (Å²) in [4.78, 5) is 46.4. The topological polar surface area (TPSA) is 104 Å². The lowest BCUT2D eigenvalue weighted by Crippen LogP contribution is -2.55. The first-order valence-corrected chi connectivity index (χ1v) is 8.32. The lowest BCUT2D eigenvalue weighted by Gasteiger charge is -2.28. The van der Waals surface area contributed by atoms with Crippen LogP contribution in [-0.4, -0.2) is 40.2 Å². The van der Waals surface area contributed by atoms with E-state index < -0.39 is 17.9 Å². The van der Waals surface area contributed by atoms with Gasteiger partial charge in [-0.1, -0.05) is 25.7 Å². The number of hydrazine groups is 1. The molecule has 0 spiro atoms. The lowest BCUT2D eigenvalue weighted by molar-refractivity contribution is -0.157. The summed E-state index contributed by atoms with van der Waals surface area (Å²) in [5, 5.41) is 10.1. The molecule has 0 aliphatic heterocycles. The fraction of sp³-hybridized carbons (Fsp3) is 0.750. The minimum absolute atomic E-state index is 0.147. The number of carboxylic acids is 1. The Morgan fingerprint density at radius 2 is 1.83 bits per heavy atom. The number of hydrogen-bond acceptors (Lipinski definition) is 4. The van der Waals surface area contributed by atoms with E-state index in [0.29, 0.717) is 18.6 Å². The molecule has 1 atom stereocenters. The Hall–Kier alpha value is -1.92. The van der Waals surface area contributed by atoms with Crippen molar-refractivity contribution in [3.8, 4) is 0 Å². The van der Waals surface area contributed by atoms with Crippen LogP contribution in [0.2, 0.25) is 0 Å². The summed E-state index contributed by atoms with van der Waals surface area (Å²) in [6, 6.07) is -1.34. The maximum Gasteiger partial charge on any atom is 0.329 e. The molecule has 0 aromatic carbocycles. The van der Waals surface area contributed by atoms with Gasteiger partial charge in [0.05, 0.1) is 0 Å². The molecule has 0 saturated heterocycles. The van der Waals surface area contributed by atoms with E-state index in [-0.39, 0.29) is 24.7 Å². The molecule has 23 heavy (non-hydrogen) atoms. The Morgan fingerprint density at radius 1 is 1.17 bits per heavy atom. The summed E-state index contributed by atoms with van der Waals surface area (Å²) in [7, 11) is 0. The minimum Gasteiger partial charge on any atom is -0.480 e. The van der Waals surface area contributed by atoms with Gasteiger partial charge in [0, 0.05) is 18.8 Å². The first-order chi connectivity index (χ1) is 11.0. The number of amides is 2. The van der Waals surface area contributed by atoms with Gasteiger partial charge in [-0.15, -0.1) is 0 Å². The molecule has 0 heterocycles. The van der Waals surface area contributed by atoms with Crippen molar-refractivity contribution in [3.05, 3.63) is 0 Å². The molecule has 0 aromatic rings. The van der Waals surface area contributed by atoms with Crippen LogP contribution in [0.1, 0.15) is 57.8 Å². The van der Waals surface area contributed by atoms with E-state index in [1.807, 2.05) is 0 Å². The van der Waals surface area contributed by atoms with Crippen LogP contribution in [0, 0.1) is 11.8 Å². The van der Waals surface area contributed by atoms with Gasteiger partial charge in [0.1, 0.15) is 6.29 Å². The molecule has 7 heteroatoms. The van der Waals surface area contributed by atoms with Crippen molar-refractivity contribution in [1.29, 1.82) is 0 Å². The number of carbonyl (C=O) groups excluding carboxylic acids is 3. The SMILES string of the molecule is O=CCC(C(=O)O)N(NC(=O)C1CC1)C(=O)CCC1CCCC1. The van der Waals surface area contributed by atoms with Crippen molar-refractivity contribution in [2.45, 2.75) is 63.8 Å². The molecular formula is C16H24N2O5. The van der Waals surface area contributed by atoms with E-state index in [1.54, 1.807) is 0 Å². The average molecular weight is 324 g/mol. The maximum atomic E-state index is 12.4. The second-order valence-corrected chi connectivity index (χ2v) is 6.46. The smallest absolute Gasteiger partial charge is 0.329 e. The molecule has 2 aliphatic carbocycles. The van der Waals surface area contributed by atoms with E-state index in [9.17, 15) is 24.3 Å². The van der Waals surface area contributed by atoms with Gasteiger partial charge >= 0.3 is 5.97 Å².